The van der Waals surface area contributed by atoms with Crippen molar-refractivity contribution in [2.24, 2.45) is 5.92 Å². The van der Waals surface area contributed by atoms with Crippen molar-refractivity contribution in [2.45, 2.75) is 84.0 Å². The van der Waals surface area contributed by atoms with E-state index < -0.39 is 18.1 Å². The fourth-order valence-corrected chi connectivity index (χ4v) is 3.98. The zero-order chi connectivity index (χ0) is 18.7. The number of ether oxygens (including phenoxy) is 2. The molecular formula is C21H28FO4-. The highest BCUT2D eigenvalue weighted by atomic mass is 19.1. The van der Waals surface area contributed by atoms with Crippen molar-refractivity contribution < 1.29 is 23.8 Å². The molecule has 0 spiro atoms. The molecule has 0 aliphatic heterocycles. The highest BCUT2D eigenvalue weighted by Gasteiger charge is 2.27. The van der Waals surface area contributed by atoms with Crippen molar-refractivity contribution in [3.8, 4) is 5.75 Å². The Morgan fingerprint density at radius 2 is 1.77 bits per heavy atom. The topological polar surface area (TPSA) is 58.6 Å². The highest BCUT2D eigenvalue weighted by Crippen LogP contribution is 2.34. The molecule has 2 aliphatic carbocycles. The minimum absolute atomic E-state index is 0.0266. The SMILES string of the molecule is CC(C)C(Oc1cc(C(=O)[O-])c2c(c1F)CCCC2)OC1CCCCC1. The van der Waals surface area contributed by atoms with Gasteiger partial charge in [0.15, 0.2) is 11.6 Å². The zero-order valence-corrected chi connectivity index (χ0v) is 15.7. The molecule has 3 rings (SSSR count). The second-order valence-electron chi connectivity index (χ2n) is 7.81. The monoisotopic (exact) mass is 363 g/mol. The minimum atomic E-state index is -1.28. The van der Waals surface area contributed by atoms with Gasteiger partial charge >= 0.3 is 0 Å². The van der Waals surface area contributed by atoms with Gasteiger partial charge in [-0.1, -0.05) is 33.1 Å². The third-order valence-electron chi connectivity index (χ3n) is 5.44. The maximum absolute atomic E-state index is 15.0. The average molecular weight is 363 g/mol. The lowest BCUT2D eigenvalue weighted by molar-refractivity contribution is -0.255. The summed E-state index contributed by atoms with van der Waals surface area (Å²) < 4.78 is 27.0. The lowest BCUT2D eigenvalue weighted by Gasteiger charge is -2.31. The Bertz CT molecular complexity index is 650. The molecule has 0 amide bonds. The summed E-state index contributed by atoms with van der Waals surface area (Å²) in [4.78, 5) is 11.6. The van der Waals surface area contributed by atoms with Gasteiger partial charge in [-0.15, -0.1) is 0 Å². The first-order valence-corrected chi connectivity index (χ1v) is 9.85. The summed E-state index contributed by atoms with van der Waals surface area (Å²) in [6.45, 7) is 3.92. The Balaban J connectivity index is 1.86. The number of hydrogen-bond donors (Lipinski definition) is 0. The van der Waals surface area contributed by atoms with Crippen molar-refractivity contribution in [1.82, 2.24) is 0 Å². The van der Waals surface area contributed by atoms with E-state index in [1.807, 2.05) is 13.8 Å². The molecule has 1 atom stereocenters. The number of fused-ring (bicyclic) bond motifs is 1. The molecule has 0 N–H and O–H groups in total. The van der Waals surface area contributed by atoms with Gasteiger partial charge in [-0.2, -0.15) is 0 Å². The van der Waals surface area contributed by atoms with Gasteiger partial charge in [0.1, 0.15) is 0 Å². The molecule has 1 aromatic carbocycles. The normalized spacial score (nSPS) is 19.2. The van der Waals surface area contributed by atoms with Crippen molar-refractivity contribution >= 4 is 5.97 Å². The third-order valence-corrected chi connectivity index (χ3v) is 5.44. The third kappa shape index (κ3) is 4.20. The van der Waals surface area contributed by atoms with Gasteiger partial charge in [-0.25, -0.2) is 4.39 Å². The Kier molecular flexibility index (Phi) is 6.17. The summed E-state index contributed by atoms with van der Waals surface area (Å²) in [5.41, 5.74) is 1.08. The molecule has 1 saturated carbocycles. The molecule has 5 heteroatoms. The largest absolute Gasteiger partial charge is 0.545 e. The number of carboxylic acid groups (broad SMARTS) is 1. The van der Waals surface area contributed by atoms with Crippen LogP contribution in [0.15, 0.2) is 6.07 Å². The Hall–Kier alpha value is -1.62. The van der Waals surface area contributed by atoms with E-state index >= 15 is 4.39 Å². The van der Waals surface area contributed by atoms with Crippen LogP contribution in [0.2, 0.25) is 0 Å². The number of benzene rings is 1. The van der Waals surface area contributed by atoms with E-state index in [-0.39, 0.29) is 23.3 Å². The number of carboxylic acids is 1. The van der Waals surface area contributed by atoms with E-state index in [0.29, 0.717) is 24.0 Å². The lowest BCUT2D eigenvalue weighted by atomic mass is 9.87. The second kappa shape index (κ2) is 8.38. The smallest absolute Gasteiger partial charge is 0.202 e. The number of carbonyl (C=O) groups excluding carboxylic acids is 1. The van der Waals surface area contributed by atoms with Crippen LogP contribution in [0.1, 0.15) is 80.3 Å². The number of halogens is 1. The van der Waals surface area contributed by atoms with Crippen LogP contribution in [-0.2, 0) is 17.6 Å². The van der Waals surface area contributed by atoms with Crippen LogP contribution in [-0.4, -0.2) is 18.4 Å². The molecule has 0 aromatic heterocycles. The Labute approximate surface area is 154 Å². The van der Waals surface area contributed by atoms with Crippen molar-refractivity contribution in [1.29, 1.82) is 0 Å². The van der Waals surface area contributed by atoms with Crippen LogP contribution >= 0.6 is 0 Å². The van der Waals surface area contributed by atoms with Gasteiger partial charge in [0.05, 0.1) is 12.1 Å². The van der Waals surface area contributed by atoms with Gasteiger partial charge in [0.25, 0.3) is 0 Å². The fourth-order valence-electron chi connectivity index (χ4n) is 3.98. The van der Waals surface area contributed by atoms with Crippen LogP contribution < -0.4 is 9.84 Å². The summed E-state index contributed by atoms with van der Waals surface area (Å²) in [5, 5.41) is 11.6. The first kappa shape index (κ1) is 19.2. The first-order valence-electron chi connectivity index (χ1n) is 9.85. The van der Waals surface area contributed by atoms with Gasteiger partial charge in [0.2, 0.25) is 6.29 Å². The molecule has 0 saturated heterocycles. The quantitative estimate of drug-likeness (QED) is 0.722. The van der Waals surface area contributed by atoms with E-state index in [1.165, 1.54) is 12.5 Å². The van der Waals surface area contributed by atoms with Crippen LogP contribution in [0.4, 0.5) is 4.39 Å². The molecule has 1 fully saturated rings. The second-order valence-corrected chi connectivity index (χ2v) is 7.81. The molecule has 1 aromatic rings. The van der Waals surface area contributed by atoms with Crippen LogP contribution in [0.5, 0.6) is 5.75 Å². The molecule has 144 valence electrons. The van der Waals surface area contributed by atoms with E-state index in [2.05, 4.69) is 0 Å². The number of hydrogen-bond acceptors (Lipinski definition) is 4. The molecule has 4 nitrogen and oxygen atoms in total. The molecule has 26 heavy (non-hydrogen) atoms. The molecule has 0 heterocycles. The summed E-state index contributed by atoms with van der Waals surface area (Å²) >= 11 is 0. The first-order chi connectivity index (χ1) is 12.5. The number of carbonyl (C=O) groups is 1. The van der Waals surface area contributed by atoms with Crippen LogP contribution in [0, 0.1) is 11.7 Å². The van der Waals surface area contributed by atoms with Gasteiger partial charge in [-0.3, -0.25) is 0 Å². The van der Waals surface area contributed by atoms with Gasteiger partial charge in [0, 0.05) is 11.5 Å². The van der Waals surface area contributed by atoms with Crippen molar-refractivity contribution in [3.05, 3.63) is 28.6 Å². The van der Waals surface area contributed by atoms with Crippen molar-refractivity contribution in [2.75, 3.05) is 0 Å². The molecule has 0 bridgehead atoms. The van der Waals surface area contributed by atoms with E-state index in [1.54, 1.807) is 0 Å². The molecule has 1 unspecified atom stereocenters. The van der Waals surface area contributed by atoms with Crippen LogP contribution in [0.3, 0.4) is 0 Å². The average Bonchev–Trinajstić information content (AvgIpc) is 2.63. The van der Waals surface area contributed by atoms with Gasteiger partial charge in [-0.05, 0) is 55.7 Å². The highest BCUT2D eigenvalue weighted by molar-refractivity contribution is 5.89. The molecule has 2 aliphatic rings. The van der Waals surface area contributed by atoms with E-state index in [4.69, 9.17) is 9.47 Å². The number of rotatable bonds is 6. The fraction of sp³-hybridized carbons (Fsp3) is 0.667. The van der Waals surface area contributed by atoms with E-state index in [0.717, 1.165) is 38.5 Å². The van der Waals surface area contributed by atoms with Crippen molar-refractivity contribution in [3.63, 3.8) is 0 Å². The maximum Gasteiger partial charge on any atom is 0.202 e. The summed E-state index contributed by atoms with van der Waals surface area (Å²) in [6, 6.07) is 1.29. The number of aromatic carboxylic acids is 1. The van der Waals surface area contributed by atoms with Crippen LogP contribution in [0.25, 0.3) is 0 Å². The van der Waals surface area contributed by atoms with Gasteiger partial charge < -0.3 is 19.4 Å². The summed E-state index contributed by atoms with van der Waals surface area (Å²) in [6.07, 6.45) is 7.83. The molecular weight excluding hydrogens is 335 g/mol. The predicted molar refractivity (Wildman–Crippen MR) is 94.6 cm³/mol. The molecule has 0 radical (unpaired) electrons. The summed E-state index contributed by atoms with van der Waals surface area (Å²) in [5.74, 6) is -1.72. The Morgan fingerprint density at radius 1 is 1.12 bits per heavy atom. The lowest BCUT2D eigenvalue weighted by Crippen LogP contribution is -2.33. The zero-order valence-electron chi connectivity index (χ0n) is 15.7. The summed E-state index contributed by atoms with van der Waals surface area (Å²) in [7, 11) is 0. The Morgan fingerprint density at radius 3 is 2.38 bits per heavy atom. The standard InChI is InChI=1S/C21H29FO4/c1-13(2)21(25-14-8-4-3-5-9-14)26-18-12-17(20(23)24)15-10-6-7-11-16(15)19(18)22/h12-14,21H,3-11H2,1-2H3,(H,23,24)/p-1. The maximum atomic E-state index is 15.0. The van der Waals surface area contributed by atoms with E-state index in [9.17, 15) is 9.90 Å². The minimum Gasteiger partial charge on any atom is -0.545 e. The predicted octanol–water partition coefficient (Wildman–Crippen LogP) is 3.78.